The molecule has 0 heterocycles. The van der Waals surface area contributed by atoms with Crippen LogP contribution in [0.2, 0.25) is 0 Å². The molecule has 2 unspecified atom stereocenters. The number of carbonyl (C=O) groups excluding carboxylic acids is 1. The average molecular weight is 438 g/mol. The highest BCUT2D eigenvalue weighted by Crippen LogP contribution is 2.29. The van der Waals surface area contributed by atoms with Crippen LogP contribution in [0.15, 0.2) is 18.2 Å². The molecule has 2 N–H and O–H groups in total. The van der Waals surface area contributed by atoms with Crippen LogP contribution < -0.4 is 5.32 Å². The number of phenolic OH excluding ortho intramolecular Hbond substituents is 1. The number of alkyl halides is 1. The van der Waals surface area contributed by atoms with E-state index in [0.29, 0.717) is 22.9 Å². The maximum Gasteiger partial charge on any atom is 0.251 e. The van der Waals surface area contributed by atoms with Gasteiger partial charge in [-0.1, -0.05) is 28.8 Å². The van der Waals surface area contributed by atoms with Gasteiger partial charge in [0.05, 0.1) is 3.57 Å². The fourth-order valence-electron chi connectivity index (χ4n) is 2.37. The number of carbonyl (C=O) groups is 1. The number of phenols is 1. The van der Waals surface area contributed by atoms with Gasteiger partial charge >= 0.3 is 0 Å². The smallest absolute Gasteiger partial charge is 0.251 e. The van der Waals surface area contributed by atoms with Crippen LogP contribution in [0.25, 0.3) is 0 Å². The first-order valence-electron chi connectivity index (χ1n) is 6.48. The Bertz CT molecular complexity index is 467. The molecular formula is C14H17BrINO2. The predicted molar refractivity (Wildman–Crippen MR) is 87.8 cm³/mol. The van der Waals surface area contributed by atoms with Crippen molar-refractivity contribution in [3.8, 4) is 5.75 Å². The average Bonchev–Trinajstić information content (AvgIpc) is 2.40. The predicted octanol–water partition coefficient (Wildman–Crippen LogP) is 3.68. The number of nitrogens with one attached hydrogen (secondary N) is 1. The van der Waals surface area contributed by atoms with E-state index in [0.717, 1.165) is 9.99 Å². The van der Waals surface area contributed by atoms with Gasteiger partial charge in [0.2, 0.25) is 0 Å². The minimum Gasteiger partial charge on any atom is -0.507 e. The summed E-state index contributed by atoms with van der Waals surface area (Å²) in [5.74, 6) is 0.552. The summed E-state index contributed by atoms with van der Waals surface area (Å²) < 4.78 is 0.752. The topological polar surface area (TPSA) is 49.3 Å². The maximum absolute atomic E-state index is 12.0. The van der Waals surface area contributed by atoms with E-state index in [1.807, 2.05) is 22.6 Å². The van der Waals surface area contributed by atoms with Gasteiger partial charge in [0.25, 0.3) is 5.91 Å². The quantitative estimate of drug-likeness (QED) is 0.559. The van der Waals surface area contributed by atoms with Crippen LogP contribution in [0.3, 0.4) is 0 Å². The molecule has 1 aliphatic carbocycles. The van der Waals surface area contributed by atoms with Crippen molar-refractivity contribution in [3.05, 3.63) is 27.3 Å². The van der Waals surface area contributed by atoms with Crippen LogP contribution in [-0.2, 0) is 0 Å². The molecule has 19 heavy (non-hydrogen) atoms. The SMILES string of the molecule is O=C(NCC1CCCCC1Br)c1ccc(I)c(O)c1. The van der Waals surface area contributed by atoms with E-state index in [-0.39, 0.29) is 11.7 Å². The molecule has 2 rings (SSSR count). The van der Waals surface area contributed by atoms with Gasteiger partial charge in [-0.25, -0.2) is 0 Å². The van der Waals surface area contributed by atoms with Crippen molar-refractivity contribution < 1.29 is 9.90 Å². The lowest BCUT2D eigenvalue weighted by molar-refractivity contribution is 0.0944. The van der Waals surface area contributed by atoms with E-state index >= 15 is 0 Å². The Balaban J connectivity index is 1.91. The molecule has 1 aromatic rings. The van der Waals surface area contributed by atoms with Gasteiger partial charge in [-0.05, 0) is 59.5 Å². The Morgan fingerprint density at radius 2 is 2.16 bits per heavy atom. The number of hydrogen-bond donors (Lipinski definition) is 2. The first-order valence-corrected chi connectivity index (χ1v) is 8.48. The van der Waals surface area contributed by atoms with Gasteiger partial charge in [0.15, 0.2) is 0 Å². The molecule has 104 valence electrons. The molecule has 0 radical (unpaired) electrons. The summed E-state index contributed by atoms with van der Waals surface area (Å²) in [5, 5.41) is 12.6. The minimum atomic E-state index is -0.114. The van der Waals surface area contributed by atoms with Crippen molar-refractivity contribution >= 4 is 44.4 Å². The zero-order valence-electron chi connectivity index (χ0n) is 10.5. The monoisotopic (exact) mass is 437 g/mol. The van der Waals surface area contributed by atoms with Crippen LogP contribution in [0, 0.1) is 9.49 Å². The normalized spacial score (nSPS) is 23.1. The number of aromatic hydroxyl groups is 1. The van der Waals surface area contributed by atoms with Gasteiger partial charge in [-0.2, -0.15) is 0 Å². The third-order valence-corrected chi connectivity index (χ3v) is 5.67. The number of hydrogen-bond acceptors (Lipinski definition) is 2. The Morgan fingerprint density at radius 3 is 2.84 bits per heavy atom. The van der Waals surface area contributed by atoms with Gasteiger partial charge in [0, 0.05) is 16.9 Å². The Kier molecular flexibility index (Phi) is 5.50. The van der Waals surface area contributed by atoms with E-state index in [9.17, 15) is 9.90 Å². The molecule has 0 spiro atoms. The zero-order valence-corrected chi connectivity index (χ0v) is 14.3. The lowest BCUT2D eigenvalue weighted by atomic mass is 9.89. The highest BCUT2D eigenvalue weighted by atomic mass is 127. The van der Waals surface area contributed by atoms with Gasteiger partial charge < -0.3 is 10.4 Å². The molecule has 1 amide bonds. The molecule has 0 bridgehead atoms. The summed E-state index contributed by atoms with van der Waals surface area (Å²) >= 11 is 5.73. The number of amides is 1. The summed E-state index contributed by atoms with van der Waals surface area (Å²) in [6, 6.07) is 5.01. The standard InChI is InChI=1S/C14H17BrINO2/c15-11-4-2-1-3-10(11)8-17-14(19)9-5-6-12(16)13(18)7-9/h5-7,10-11,18H,1-4,8H2,(H,17,19). The summed E-state index contributed by atoms with van der Waals surface area (Å²) in [7, 11) is 0. The van der Waals surface area contributed by atoms with E-state index in [4.69, 9.17) is 0 Å². The van der Waals surface area contributed by atoms with Crippen molar-refractivity contribution in [3.63, 3.8) is 0 Å². The largest absolute Gasteiger partial charge is 0.507 e. The Hall–Kier alpha value is -0.300. The first kappa shape index (κ1) is 15.1. The number of benzene rings is 1. The van der Waals surface area contributed by atoms with Crippen molar-refractivity contribution in [1.29, 1.82) is 0 Å². The lowest BCUT2D eigenvalue weighted by Gasteiger charge is -2.27. The molecule has 3 nitrogen and oxygen atoms in total. The van der Waals surface area contributed by atoms with Crippen LogP contribution >= 0.6 is 38.5 Å². The molecule has 1 aromatic carbocycles. The van der Waals surface area contributed by atoms with Crippen LogP contribution in [0.5, 0.6) is 5.75 Å². The van der Waals surface area contributed by atoms with Crippen molar-refractivity contribution in [2.75, 3.05) is 6.54 Å². The van der Waals surface area contributed by atoms with Crippen LogP contribution in [-0.4, -0.2) is 22.4 Å². The molecule has 5 heteroatoms. The maximum atomic E-state index is 12.0. The van der Waals surface area contributed by atoms with Gasteiger partial charge in [0.1, 0.15) is 5.75 Å². The molecule has 1 aliphatic rings. The Labute approximate surface area is 135 Å². The van der Waals surface area contributed by atoms with Crippen molar-refractivity contribution in [2.45, 2.75) is 30.5 Å². The number of rotatable bonds is 3. The molecule has 2 atom stereocenters. The zero-order chi connectivity index (χ0) is 13.8. The third-order valence-electron chi connectivity index (χ3n) is 3.55. The van der Waals surface area contributed by atoms with Crippen molar-refractivity contribution in [1.82, 2.24) is 5.32 Å². The fourth-order valence-corrected chi connectivity index (χ4v) is 3.48. The summed E-state index contributed by atoms with van der Waals surface area (Å²) in [6.45, 7) is 0.696. The molecule has 1 saturated carbocycles. The molecular weight excluding hydrogens is 421 g/mol. The third kappa shape index (κ3) is 4.08. The van der Waals surface area contributed by atoms with E-state index in [1.54, 1.807) is 12.1 Å². The van der Waals surface area contributed by atoms with Crippen LogP contribution in [0.1, 0.15) is 36.0 Å². The second kappa shape index (κ2) is 6.92. The minimum absolute atomic E-state index is 0.114. The summed E-state index contributed by atoms with van der Waals surface area (Å²) in [4.78, 5) is 12.5. The van der Waals surface area contributed by atoms with E-state index in [1.165, 1.54) is 25.3 Å². The first-order chi connectivity index (χ1) is 9.08. The van der Waals surface area contributed by atoms with Crippen LogP contribution in [0.4, 0.5) is 0 Å². The highest BCUT2D eigenvalue weighted by molar-refractivity contribution is 14.1. The molecule has 0 aliphatic heterocycles. The summed E-state index contributed by atoms with van der Waals surface area (Å²) in [5.41, 5.74) is 0.514. The Morgan fingerprint density at radius 1 is 1.42 bits per heavy atom. The van der Waals surface area contributed by atoms with E-state index in [2.05, 4.69) is 21.2 Å². The number of halogens is 2. The second-order valence-electron chi connectivity index (χ2n) is 4.94. The molecule has 0 saturated heterocycles. The molecule has 0 aromatic heterocycles. The van der Waals surface area contributed by atoms with Gasteiger partial charge in [-0.3, -0.25) is 4.79 Å². The second-order valence-corrected chi connectivity index (χ2v) is 7.28. The van der Waals surface area contributed by atoms with Gasteiger partial charge in [-0.15, -0.1) is 0 Å². The highest BCUT2D eigenvalue weighted by Gasteiger charge is 2.23. The van der Waals surface area contributed by atoms with E-state index < -0.39 is 0 Å². The fraction of sp³-hybridized carbons (Fsp3) is 0.500. The molecule has 1 fully saturated rings. The van der Waals surface area contributed by atoms with Crippen molar-refractivity contribution in [2.24, 2.45) is 5.92 Å². The lowest BCUT2D eigenvalue weighted by Crippen LogP contribution is -2.34. The summed E-state index contributed by atoms with van der Waals surface area (Å²) in [6.07, 6.45) is 4.86.